The van der Waals surface area contributed by atoms with Crippen LogP contribution in [0.2, 0.25) is 0 Å². The highest BCUT2D eigenvalue weighted by Crippen LogP contribution is 1.25. The van der Waals surface area contributed by atoms with Gasteiger partial charge in [0.1, 0.15) is 0 Å². The van der Waals surface area contributed by atoms with Gasteiger partial charge in [0.25, 0.3) is 0 Å². The molecule has 0 aromatic rings. The Kier molecular flexibility index (Phi) is 3.19. The summed E-state index contributed by atoms with van der Waals surface area (Å²) in [5, 5.41) is 11.4. The zero-order valence-corrected chi connectivity index (χ0v) is 4.05. The van der Waals surface area contributed by atoms with Crippen LogP contribution in [0, 0.1) is 5.21 Å². The number of nitrogens with one attached hydrogen (secondary N) is 3. The highest BCUT2D eigenvalue weighted by molar-refractivity contribution is 5.20. The molecule has 0 spiro atoms. The molecule has 5 N–H and O–H groups in total. The molecule has 0 aliphatic rings. The van der Waals surface area contributed by atoms with Crippen molar-refractivity contribution in [3.05, 3.63) is 11.0 Å². The molecule has 0 radical (unpaired) electrons. The lowest BCUT2D eigenvalue weighted by Gasteiger charge is -2.20. The molecule has 7 heteroatoms. The van der Waals surface area contributed by atoms with E-state index < -0.39 is 10.6 Å². The molecule has 2 unspecified atom stereocenters. The van der Waals surface area contributed by atoms with Crippen LogP contribution in [0.4, 0.5) is 0 Å². The van der Waals surface area contributed by atoms with Crippen molar-refractivity contribution >= 4 is 6.72 Å². The fourth-order valence-electron chi connectivity index (χ4n) is 0.120. The van der Waals surface area contributed by atoms with Crippen LogP contribution in [0.5, 0.6) is 0 Å². The monoisotopic (exact) mass is 121 g/mol. The van der Waals surface area contributed by atoms with Crippen molar-refractivity contribution < 1.29 is 15.5 Å². The molecule has 0 aromatic carbocycles. The van der Waals surface area contributed by atoms with E-state index in [-0.39, 0.29) is 0 Å². The van der Waals surface area contributed by atoms with E-state index in [0.29, 0.717) is 0 Å². The number of hydrogen-bond donors (Lipinski definition) is 3. The first-order chi connectivity index (χ1) is 3.72. The van der Waals surface area contributed by atoms with Gasteiger partial charge in [0, 0.05) is 0 Å². The number of nitrogens with two attached hydrogens (primary N) is 1. The van der Waals surface area contributed by atoms with Crippen molar-refractivity contribution in [2.24, 2.45) is 11.0 Å². The van der Waals surface area contributed by atoms with Gasteiger partial charge in [-0.25, -0.2) is 0 Å². The zero-order chi connectivity index (χ0) is 6.57. The van der Waals surface area contributed by atoms with Crippen LogP contribution in [-0.2, 0) is 4.94 Å². The molecule has 0 aromatic heterocycles. The van der Waals surface area contributed by atoms with Crippen molar-refractivity contribution in [1.29, 1.82) is 0 Å². The maximum absolute atomic E-state index is 10.0. The van der Waals surface area contributed by atoms with Crippen molar-refractivity contribution in [1.82, 2.24) is 0 Å². The van der Waals surface area contributed by atoms with Crippen molar-refractivity contribution in [2.75, 3.05) is 0 Å². The summed E-state index contributed by atoms with van der Waals surface area (Å²) in [6.07, 6.45) is 0. The van der Waals surface area contributed by atoms with E-state index in [9.17, 15) is 5.21 Å². The molecule has 0 saturated carbocycles. The highest BCUT2D eigenvalue weighted by Gasteiger charge is 1.96. The molecule has 0 bridgehead atoms. The van der Waals surface area contributed by atoms with Gasteiger partial charge in [-0.1, -0.05) is 15.3 Å². The van der Waals surface area contributed by atoms with Crippen molar-refractivity contribution in [2.45, 2.75) is 0 Å². The second-order valence-corrected chi connectivity index (χ2v) is 0.912. The maximum atomic E-state index is 10.0. The second kappa shape index (κ2) is 3.43. The predicted octanol–water partition coefficient (Wildman–Crippen LogP) is -3.44. The molecule has 0 saturated heterocycles. The molecule has 0 rings (SSSR count). The largest absolute Gasteiger partial charge is 0.546 e. The zero-order valence-electron chi connectivity index (χ0n) is 4.05. The lowest BCUT2D eigenvalue weighted by Crippen LogP contribution is -3.53. The van der Waals surface area contributed by atoms with Crippen LogP contribution in [0.1, 0.15) is 0 Å². The normalized spacial score (nSPS) is 17.4. The van der Waals surface area contributed by atoms with Gasteiger partial charge in [-0.2, -0.15) is 5.90 Å². The van der Waals surface area contributed by atoms with Gasteiger partial charge in [0.15, 0.2) is 0 Å². The molecule has 0 fully saturated rings. The quantitative estimate of drug-likeness (QED) is 0.267. The summed E-state index contributed by atoms with van der Waals surface area (Å²) >= 11 is 0. The van der Waals surface area contributed by atoms with E-state index in [2.05, 4.69) is 22.7 Å². The molecule has 0 amide bonds. The van der Waals surface area contributed by atoms with Gasteiger partial charge in [-0.3, -0.25) is 0 Å². The Hall–Kier alpha value is -0.570. The van der Waals surface area contributed by atoms with Gasteiger partial charge in [0.2, 0.25) is 0 Å². The number of nitrogens with zero attached hydrogens (tertiary/aromatic N) is 1. The Morgan fingerprint density at radius 2 is 2.38 bits per heavy atom. The predicted molar refractivity (Wildman–Crippen MR) is 24.4 cm³/mol. The average molecular weight is 121 g/mol. The summed E-state index contributed by atoms with van der Waals surface area (Å²) in [5.41, 5.74) is 0. The first kappa shape index (κ1) is 7.43. The summed E-state index contributed by atoms with van der Waals surface area (Å²) in [7, 11) is 0. The van der Waals surface area contributed by atoms with Crippen molar-refractivity contribution in [3.63, 3.8) is 0 Å². The maximum Gasteiger partial charge on any atom is 0.0515 e. The molecule has 48 valence electrons. The highest BCUT2D eigenvalue weighted by atomic mass is 17.0. The third-order valence-corrected chi connectivity index (χ3v) is 0.459. The molecule has 0 aliphatic heterocycles. The Labute approximate surface area is 45.5 Å². The van der Waals surface area contributed by atoms with Crippen molar-refractivity contribution in [3.8, 4) is 0 Å². The second-order valence-electron chi connectivity index (χ2n) is 0.912. The third-order valence-electron chi connectivity index (χ3n) is 0.459. The van der Waals surface area contributed by atoms with Crippen LogP contribution in [0.15, 0.2) is 5.10 Å². The summed E-state index contributed by atoms with van der Waals surface area (Å²) in [4.78, 5) is 3.61. The van der Waals surface area contributed by atoms with E-state index >= 15 is 0 Å². The fourth-order valence-corrected chi connectivity index (χ4v) is 0.120. The van der Waals surface area contributed by atoms with Gasteiger partial charge in [-0.15, -0.1) is 0 Å². The Morgan fingerprint density at radius 1 is 1.88 bits per heavy atom. The smallest absolute Gasteiger partial charge is 0.0515 e. The Morgan fingerprint density at radius 3 is 2.50 bits per heavy atom. The van der Waals surface area contributed by atoms with Gasteiger partial charge in [0.05, 0.1) is 6.72 Å². The lowest BCUT2D eigenvalue weighted by molar-refractivity contribution is -1.55. The third kappa shape index (κ3) is 1.93. The minimum atomic E-state index is -0.986. The average Bonchev–Trinajstić information content (AvgIpc) is 1.84. The Balaban J connectivity index is 3.44. The number of hydrogen-bond acceptors (Lipinski definition) is 4. The summed E-state index contributed by atoms with van der Waals surface area (Å²) in [6.45, 7) is 2.90. The number of rotatable bonds is 3. The van der Waals surface area contributed by atoms with E-state index in [4.69, 9.17) is 5.84 Å². The SMILES string of the molecule is C=N[NH+]([NH-])[NH+]([O-])ON. The minimum absolute atomic E-state index is 0.590. The molecule has 8 heavy (non-hydrogen) atoms. The molecule has 0 aliphatic carbocycles. The van der Waals surface area contributed by atoms with Gasteiger partial charge < -0.3 is 11.0 Å². The van der Waals surface area contributed by atoms with Gasteiger partial charge in [-0.05, 0) is 5.34 Å². The minimum Gasteiger partial charge on any atom is -0.546 e. The van der Waals surface area contributed by atoms with Crippen LogP contribution in [0.25, 0.3) is 5.84 Å². The first-order valence-electron chi connectivity index (χ1n) is 1.68. The summed E-state index contributed by atoms with van der Waals surface area (Å²) in [6, 6.07) is 0. The molecule has 0 heterocycles. The van der Waals surface area contributed by atoms with Gasteiger partial charge >= 0.3 is 0 Å². The summed E-state index contributed by atoms with van der Waals surface area (Å²) < 4.78 is 0. The first-order valence-corrected chi connectivity index (χ1v) is 1.68. The molecule has 7 nitrogen and oxygen atoms in total. The van der Waals surface area contributed by atoms with E-state index in [0.717, 1.165) is 0 Å². The van der Waals surface area contributed by atoms with Crippen LogP contribution >= 0.6 is 0 Å². The number of quaternary nitrogens is 2. The summed E-state index contributed by atoms with van der Waals surface area (Å²) in [5.74, 6) is 10.9. The topological polar surface area (TPSA) is 103 Å². The molecular weight excluding hydrogens is 114 g/mol. The van der Waals surface area contributed by atoms with Crippen LogP contribution in [-0.4, -0.2) is 6.72 Å². The van der Waals surface area contributed by atoms with E-state index in [1.165, 1.54) is 0 Å². The van der Waals surface area contributed by atoms with E-state index in [1.807, 2.05) is 0 Å². The van der Waals surface area contributed by atoms with Crippen LogP contribution in [0.3, 0.4) is 0 Å². The fraction of sp³-hybridized carbons (Fsp3) is 0. The van der Waals surface area contributed by atoms with E-state index in [1.54, 1.807) is 0 Å². The van der Waals surface area contributed by atoms with Crippen LogP contribution < -0.4 is 16.5 Å². The molecule has 2 atom stereocenters. The lowest BCUT2D eigenvalue weighted by atomic mass is 11.7. The standard InChI is InChI=1S/CH7N5O2/c1-4-5(2)6(7)8-3/h2,5-6H,1,3H2. The molecular formula is CH7N5O2. The Bertz CT molecular complexity index is 74.8.